The third kappa shape index (κ3) is 4.64. The molecule has 0 bridgehead atoms. The fourth-order valence-electron chi connectivity index (χ4n) is 3.18. The third-order valence-electron chi connectivity index (χ3n) is 4.71. The van der Waals surface area contributed by atoms with Crippen molar-refractivity contribution in [2.45, 2.75) is 0 Å². The van der Waals surface area contributed by atoms with Crippen LogP contribution < -0.4 is 5.46 Å². The van der Waals surface area contributed by atoms with Gasteiger partial charge in [-0.05, 0) is 58.0 Å². The summed E-state index contributed by atoms with van der Waals surface area (Å²) in [6, 6.07) is 33.9. The largest absolute Gasteiger partial charge is 0.488 e. The molecule has 0 saturated heterocycles. The van der Waals surface area contributed by atoms with Gasteiger partial charge >= 0.3 is 7.12 Å². The van der Waals surface area contributed by atoms with Crippen LogP contribution in [0.1, 0.15) is 11.1 Å². The number of benzene rings is 4. The summed E-state index contributed by atoms with van der Waals surface area (Å²) < 4.78 is 0. The van der Waals surface area contributed by atoms with Gasteiger partial charge in [0.05, 0.1) is 0 Å². The summed E-state index contributed by atoms with van der Waals surface area (Å²) in [5.74, 6) is 6.43. The summed E-state index contributed by atoms with van der Waals surface area (Å²) in [5.41, 5.74) is 6.74. The van der Waals surface area contributed by atoms with Crippen LogP contribution in [0.3, 0.4) is 0 Å². The molecule has 0 fully saturated rings. The average Bonchev–Trinajstić information content (AvgIpc) is 2.79. The molecule has 3 heteroatoms. The summed E-state index contributed by atoms with van der Waals surface area (Å²) in [4.78, 5) is 0. The summed E-state index contributed by atoms with van der Waals surface area (Å²) in [7, 11) is -1.46. The molecule has 0 aliphatic carbocycles. The number of hydrogen-bond acceptors (Lipinski definition) is 2. The first-order valence-electron chi connectivity index (χ1n) is 9.43. The molecule has 2 nitrogen and oxygen atoms in total. The first kappa shape index (κ1) is 18.8. The minimum atomic E-state index is -1.46. The minimum Gasteiger partial charge on any atom is -0.423 e. The van der Waals surface area contributed by atoms with Crippen molar-refractivity contribution in [3.05, 3.63) is 114 Å². The summed E-state index contributed by atoms with van der Waals surface area (Å²) >= 11 is 0. The molecule has 0 spiro atoms. The SMILES string of the molecule is OB(O)c1ccc(C#Cc2cc(-c3ccccc3)cc(-c3ccccc3)c2)cc1. The second-order valence-corrected chi connectivity index (χ2v) is 6.78. The molecule has 0 unspecified atom stereocenters. The van der Waals surface area contributed by atoms with E-state index in [1.807, 2.05) is 36.4 Å². The van der Waals surface area contributed by atoms with Crippen molar-refractivity contribution >= 4 is 12.6 Å². The van der Waals surface area contributed by atoms with E-state index in [0.717, 1.165) is 33.4 Å². The van der Waals surface area contributed by atoms with Crippen molar-refractivity contribution in [3.63, 3.8) is 0 Å². The van der Waals surface area contributed by atoms with Gasteiger partial charge in [0.2, 0.25) is 0 Å². The molecule has 0 radical (unpaired) electrons. The number of rotatable bonds is 3. The Balaban J connectivity index is 1.75. The van der Waals surface area contributed by atoms with Gasteiger partial charge in [0.25, 0.3) is 0 Å². The second kappa shape index (κ2) is 8.62. The number of hydrogen-bond donors (Lipinski definition) is 2. The molecule has 0 saturated carbocycles. The van der Waals surface area contributed by atoms with Crippen LogP contribution in [-0.2, 0) is 0 Å². The topological polar surface area (TPSA) is 40.5 Å². The lowest BCUT2D eigenvalue weighted by Crippen LogP contribution is -2.29. The Morgan fingerprint density at radius 3 is 1.45 bits per heavy atom. The van der Waals surface area contributed by atoms with E-state index in [9.17, 15) is 10.0 Å². The lowest BCUT2D eigenvalue weighted by molar-refractivity contribution is 0.426. The van der Waals surface area contributed by atoms with Gasteiger partial charge in [-0.2, -0.15) is 0 Å². The Morgan fingerprint density at radius 1 is 0.483 bits per heavy atom. The van der Waals surface area contributed by atoms with Gasteiger partial charge in [-0.15, -0.1) is 0 Å². The predicted molar refractivity (Wildman–Crippen MR) is 120 cm³/mol. The van der Waals surface area contributed by atoms with Crippen molar-refractivity contribution in [2.75, 3.05) is 0 Å². The smallest absolute Gasteiger partial charge is 0.423 e. The zero-order valence-electron chi connectivity index (χ0n) is 15.8. The highest BCUT2D eigenvalue weighted by atomic mass is 16.4. The molecule has 4 aromatic carbocycles. The maximum atomic E-state index is 9.22. The Morgan fingerprint density at radius 2 is 0.966 bits per heavy atom. The van der Waals surface area contributed by atoms with Crippen molar-refractivity contribution in [2.24, 2.45) is 0 Å². The predicted octanol–water partition coefficient (Wildman–Crippen LogP) is 4.10. The molecular weight excluding hydrogens is 355 g/mol. The first-order valence-corrected chi connectivity index (χ1v) is 9.43. The van der Waals surface area contributed by atoms with E-state index in [4.69, 9.17) is 0 Å². The van der Waals surface area contributed by atoms with Gasteiger partial charge < -0.3 is 10.0 Å². The first-order chi connectivity index (χ1) is 14.2. The molecule has 2 N–H and O–H groups in total. The Labute approximate surface area is 171 Å². The molecule has 0 atom stereocenters. The van der Waals surface area contributed by atoms with Crippen molar-refractivity contribution < 1.29 is 10.0 Å². The van der Waals surface area contributed by atoms with Crippen LogP contribution in [0, 0.1) is 11.8 Å². The quantitative estimate of drug-likeness (QED) is 0.419. The van der Waals surface area contributed by atoms with Gasteiger partial charge in [0.1, 0.15) is 0 Å². The van der Waals surface area contributed by atoms with Gasteiger partial charge in [-0.3, -0.25) is 0 Å². The van der Waals surface area contributed by atoms with Gasteiger partial charge in [0, 0.05) is 11.1 Å². The standard InChI is InChI=1S/C26H19BO2/c28-27(29)26-15-13-20(14-16-26)11-12-21-17-24(22-7-3-1-4-8-22)19-25(18-21)23-9-5-2-6-10-23/h1-10,13-19,28-29H. The zero-order valence-corrected chi connectivity index (χ0v) is 15.8. The molecule has 0 heterocycles. The van der Waals surface area contributed by atoms with E-state index in [1.165, 1.54) is 0 Å². The monoisotopic (exact) mass is 374 g/mol. The van der Waals surface area contributed by atoms with E-state index >= 15 is 0 Å². The van der Waals surface area contributed by atoms with Gasteiger partial charge in [-0.1, -0.05) is 84.6 Å². The summed E-state index contributed by atoms with van der Waals surface area (Å²) in [6.45, 7) is 0. The van der Waals surface area contributed by atoms with Crippen LogP contribution >= 0.6 is 0 Å². The Bertz CT molecular complexity index is 1100. The lowest BCUT2D eigenvalue weighted by atomic mass is 9.80. The van der Waals surface area contributed by atoms with Crippen LogP contribution in [-0.4, -0.2) is 17.2 Å². The lowest BCUT2D eigenvalue weighted by Gasteiger charge is -2.08. The van der Waals surface area contributed by atoms with Gasteiger partial charge in [0.15, 0.2) is 0 Å². The van der Waals surface area contributed by atoms with Crippen LogP contribution in [0.4, 0.5) is 0 Å². The second-order valence-electron chi connectivity index (χ2n) is 6.78. The molecule has 4 aromatic rings. The maximum Gasteiger partial charge on any atom is 0.488 e. The molecule has 138 valence electrons. The molecule has 0 aliphatic rings. The van der Waals surface area contributed by atoms with E-state index in [0.29, 0.717) is 5.46 Å². The summed E-state index contributed by atoms with van der Waals surface area (Å²) in [5, 5.41) is 18.4. The van der Waals surface area contributed by atoms with Crippen molar-refractivity contribution in [1.82, 2.24) is 0 Å². The van der Waals surface area contributed by atoms with Crippen LogP contribution in [0.2, 0.25) is 0 Å². The molecule has 0 amide bonds. The van der Waals surface area contributed by atoms with Crippen LogP contribution in [0.25, 0.3) is 22.3 Å². The minimum absolute atomic E-state index is 0.452. The Kier molecular flexibility index (Phi) is 5.58. The average molecular weight is 374 g/mol. The molecule has 0 aromatic heterocycles. The molecule has 29 heavy (non-hydrogen) atoms. The zero-order chi connectivity index (χ0) is 20.1. The highest BCUT2D eigenvalue weighted by Crippen LogP contribution is 2.28. The highest BCUT2D eigenvalue weighted by molar-refractivity contribution is 6.58. The van der Waals surface area contributed by atoms with Crippen molar-refractivity contribution in [3.8, 4) is 34.1 Å². The fraction of sp³-hybridized carbons (Fsp3) is 0. The third-order valence-corrected chi connectivity index (χ3v) is 4.71. The maximum absolute atomic E-state index is 9.22. The highest BCUT2D eigenvalue weighted by Gasteiger charge is 2.09. The van der Waals surface area contributed by atoms with Gasteiger partial charge in [-0.25, -0.2) is 0 Å². The molecular formula is C26H19BO2. The molecule has 4 rings (SSSR count). The van der Waals surface area contributed by atoms with E-state index < -0.39 is 7.12 Å². The van der Waals surface area contributed by atoms with Crippen LogP contribution in [0.15, 0.2) is 103 Å². The summed E-state index contributed by atoms with van der Waals surface area (Å²) in [6.07, 6.45) is 0. The van der Waals surface area contributed by atoms with E-state index in [1.54, 1.807) is 24.3 Å². The normalized spacial score (nSPS) is 10.1. The fourth-order valence-corrected chi connectivity index (χ4v) is 3.18. The van der Waals surface area contributed by atoms with E-state index in [-0.39, 0.29) is 0 Å². The van der Waals surface area contributed by atoms with E-state index in [2.05, 4.69) is 54.3 Å². The van der Waals surface area contributed by atoms with Crippen molar-refractivity contribution in [1.29, 1.82) is 0 Å². The Hall–Kier alpha value is -3.58. The van der Waals surface area contributed by atoms with Crippen LogP contribution in [0.5, 0.6) is 0 Å². The molecule has 0 aliphatic heterocycles.